The lowest BCUT2D eigenvalue weighted by Crippen LogP contribution is -2.28. The molecule has 156 valence electrons. The molecule has 0 radical (unpaired) electrons. The van der Waals surface area contributed by atoms with E-state index in [1.54, 1.807) is 0 Å². The normalized spacial score (nSPS) is 17.0. The Morgan fingerprint density at radius 1 is 0.750 bits per heavy atom. The molecule has 0 spiro atoms. The molecular formula is C31H27N. The molecule has 3 aromatic carbocycles. The molecule has 5 rings (SSSR count). The molecule has 1 heterocycles. The van der Waals surface area contributed by atoms with Gasteiger partial charge in [-0.1, -0.05) is 90.5 Å². The van der Waals surface area contributed by atoms with Crippen molar-refractivity contribution in [1.82, 2.24) is 4.98 Å². The number of allylic oxidation sites excluding steroid dienone is 3. The quantitative estimate of drug-likeness (QED) is 0.307. The lowest BCUT2D eigenvalue weighted by atomic mass is 9.68. The number of benzene rings is 3. The van der Waals surface area contributed by atoms with Crippen molar-refractivity contribution in [1.29, 1.82) is 0 Å². The first-order chi connectivity index (χ1) is 15.6. The van der Waals surface area contributed by atoms with Crippen LogP contribution in [0, 0.1) is 0 Å². The summed E-state index contributed by atoms with van der Waals surface area (Å²) < 4.78 is 0. The number of fused-ring (bicyclic) bond motifs is 3. The van der Waals surface area contributed by atoms with Crippen LogP contribution in [0.5, 0.6) is 0 Å². The lowest BCUT2D eigenvalue weighted by molar-refractivity contribution is 0.727. The highest BCUT2D eigenvalue weighted by Crippen LogP contribution is 2.56. The average Bonchev–Trinajstić information content (AvgIpc) is 3.15. The van der Waals surface area contributed by atoms with Crippen molar-refractivity contribution in [3.63, 3.8) is 0 Å². The first kappa shape index (κ1) is 20.2. The fourth-order valence-corrected chi connectivity index (χ4v) is 5.26. The maximum absolute atomic E-state index is 4.48. The molecule has 4 aromatic rings. The van der Waals surface area contributed by atoms with Crippen LogP contribution < -0.4 is 0 Å². The van der Waals surface area contributed by atoms with Gasteiger partial charge in [-0.15, -0.1) is 0 Å². The summed E-state index contributed by atoms with van der Waals surface area (Å²) in [5, 5.41) is 0. The molecule has 1 heteroatoms. The van der Waals surface area contributed by atoms with Crippen LogP contribution >= 0.6 is 0 Å². The number of nitrogens with zero attached hydrogens (tertiary/aromatic N) is 1. The zero-order valence-electron chi connectivity index (χ0n) is 18.9. The largest absolute Gasteiger partial charge is 0.256 e. The topological polar surface area (TPSA) is 12.9 Å². The van der Waals surface area contributed by atoms with Gasteiger partial charge in [0, 0.05) is 11.8 Å². The molecule has 1 unspecified atom stereocenters. The average molecular weight is 414 g/mol. The van der Waals surface area contributed by atoms with E-state index in [-0.39, 0.29) is 5.41 Å². The summed E-state index contributed by atoms with van der Waals surface area (Å²) in [6.07, 6.45) is 4.07. The molecule has 0 saturated heterocycles. The van der Waals surface area contributed by atoms with Gasteiger partial charge in [0.15, 0.2) is 0 Å². The second kappa shape index (κ2) is 7.76. The Bertz CT molecular complexity index is 1340. The van der Waals surface area contributed by atoms with Crippen LogP contribution in [0.2, 0.25) is 0 Å². The second-order valence-electron chi connectivity index (χ2n) is 8.60. The lowest BCUT2D eigenvalue weighted by Gasteiger charge is -2.34. The Morgan fingerprint density at radius 2 is 1.41 bits per heavy atom. The van der Waals surface area contributed by atoms with Crippen molar-refractivity contribution in [2.75, 3.05) is 0 Å². The van der Waals surface area contributed by atoms with E-state index < -0.39 is 0 Å². The molecule has 0 aliphatic heterocycles. The third-order valence-corrected chi connectivity index (χ3v) is 6.89. The molecule has 1 aromatic heterocycles. The SMILES string of the molecule is C=C(C)C1(/C(C)=C/C)c2ccccc2-c2ccc(-c3ccc(-c4ccccn4)cc3)cc21. The number of rotatable bonds is 4. The molecule has 0 fully saturated rings. The second-order valence-corrected chi connectivity index (χ2v) is 8.60. The highest BCUT2D eigenvalue weighted by molar-refractivity contribution is 5.87. The minimum absolute atomic E-state index is 0.287. The van der Waals surface area contributed by atoms with Crippen LogP contribution in [-0.4, -0.2) is 4.98 Å². The number of aromatic nitrogens is 1. The van der Waals surface area contributed by atoms with Crippen molar-refractivity contribution in [3.8, 4) is 33.5 Å². The Hall–Kier alpha value is -3.71. The summed E-state index contributed by atoms with van der Waals surface area (Å²) in [6, 6.07) is 30.4. The Balaban J connectivity index is 1.67. The van der Waals surface area contributed by atoms with Crippen LogP contribution in [0.15, 0.2) is 115 Å². The highest BCUT2D eigenvalue weighted by Gasteiger charge is 2.44. The summed E-state index contributed by atoms with van der Waals surface area (Å²) in [4.78, 5) is 4.47. The molecule has 0 N–H and O–H groups in total. The number of hydrogen-bond donors (Lipinski definition) is 0. The van der Waals surface area contributed by atoms with E-state index in [1.165, 1.54) is 39.0 Å². The van der Waals surface area contributed by atoms with Crippen LogP contribution in [0.1, 0.15) is 31.9 Å². The molecule has 32 heavy (non-hydrogen) atoms. The zero-order valence-corrected chi connectivity index (χ0v) is 18.9. The van der Waals surface area contributed by atoms with Crippen molar-refractivity contribution in [3.05, 3.63) is 126 Å². The minimum Gasteiger partial charge on any atom is -0.256 e. The van der Waals surface area contributed by atoms with Gasteiger partial charge in [0.25, 0.3) is 0 Å². The number of pyridine rings is 1. The van der Waals surface area contributed by atoms with Crippen LogP contribution in [0.25, 0.3) is 33.5 Å². The highest BCUT2D eigenvalue weighted by atomic mass is 14.7. The van der Waals surface area contributed by atoms with Crippen LogP contribution in [-0.2, 0) is 5.41 Å². The fourth-order valence-electron chi connectivity index (χ4n) is 5.26. The predicted octanol–water partition coefficient (Wildman–Crippen LogP) is 8.22. The molecular weight excluding hydrogens is 386 g/mol. The third kappa shape index (κ3) is 2.89. The minimum atomic E-state index is -0.287. The maximum Gasteiger partial charge on any atom is 0.0701 e. The van der Waals surface area contributed by atoms with E-state index >= 15 is 0 Å². The third-order valence-electron chi connectivity index (χ3n) is 6.89. The molecule has 0 bridgehead atoms. The van der Waals surface area contributed by atoms with Crippen molar-refractivity contribution in [2.45, 2.75) is 26.2 Å². The van der Waals surface area contributed by atoms with Crippen LogP contribution in [0.3, 0.4) is 0 Å². The standard InChI is InChI=1S/C31H27N/c1-5-22(4)31(21(2)3)28-11-7-6-10-26(28)27-18-17-25(20-29(27)31)23-13-15-24(16-14-23)30-12-8-9-19-32-30/h5-20H,2H2,1,3-4H3/b22-5+. The molecule has 1 nitrogen and oxygen atoms in total. The van der Waals surface area contributed by atoms with Crippen molar-refractivity contribution < 1.29 is 0 Å². The van der Waals surface area contributed by atoms with Crippen LogP contribution in [0.4, 0.5) is 0 Å². The van der Waals surface area contributed by atoms with E-state index in [0.717, 1.165) is 16.8 Å². The Kier molecular flexibility index (Phi) is 4.90. The Morgan fingerprint density at radius 3 is 2.09 bits per heavy atom. The van der Waals surface area contributed by atoms with Gasteiger partial charge < -0.3 is 0 Å². The molecule has 1 aliphatic carbocycles. The van der Waals surface area contributed by atoms with Gasteiger partial charge in [-0.3, -0.25) is 4.98 Å². The first-order valence-electron chi connectivity index (χ1n) is 11.1. The number of hydrogen-bond acceptors (Lipinski definition) is 1. The summed E-state index contributed by atoms with van der Waals surface area (Å²) in [7, 11) is 0. The van der Waals surface area contributed by atoms with Gasteiger partial charge in [0.2, 0.25) is 0 Å². The molecule has 1 atom stereocenters. The van der Waals surface area contributed by atoms with E-state index in [2.05, 4.69) is 105 Å². The van der Waals surface area contributed by atoms with E-state index in [9.17, 15) is 0 Å². The van der Waals surface area contributed by atoms with Gasteiger partial charge in [0.1, 0.15) is 0 Å². The van der Waals surface area contributed by atoms with E-state index in [0.29, 0.717) is 0 Å². The molecule has 0 saturated carbocycles. The van der Waals surface area contributed by atoms with Gasteiger partial charge in [-0.05, 0) is 72.4 Å². The summed E-state index contributed by atoms with van der Waals surface area (Å²) in [5.74, 6) is 0. The van der Waals surface area contributed by atoms with Gasteiger partial charge in [-0.2, -0.15) is 0 Å². The summed E-state index contributed by atoms with van der Waals surface area (Å²) in [6.45, 7) is 11.0. The fraction of sp³-hybridized carbons (Fsp3) is 0.129. The maximum atomic E-state index is 4.48. The first-order valence-corrected chi connectivity index (χ1v) is 11.1. The summed E-state index contributed by atoms with van der Waals surface area (Å²) >= 11 is 0. The molecule has 0 amide bonds. The zero-order chi connectivity index (χ0) is 22.3. The predicted molar refractivity (Wildman–Crippen MR) is 136 cm³/mol. The van der Waals surface area contributed by atoms with Gasteiger partial charge in [-0.25, -0.2) is 0 Å². The van der Waals surface area contributed by atoms with Gasteiger partial charge >= 0.3 is 0 Å². The van der Waals surface area contributed by atoms with E-state index in [1.807, 2.05) is 24.4 Å². The smallest absolute Gasteiger partial charge is 0.0701 e. The monoisotopic (exact) mass is 413 g/mol. The van der Waals surface area contributed by atoms with Crippen molar-refractivity contribution >= 4 is 0 Å². The summed E-state index contributed by atoms with van der Waals surface area (Å²) in [5.41, 5.74) is 12.0. The Labute approximate surface area is 190 Å². The van der Waals surface area contributed by atoms with Crippen molar-refractivity contribution in [2.24, 2.45) is 0 Å². The molecule has 1 aliphatic rings. The van der Waals surface area contributed by atoms with Gasteiger partial charge in [0.05, 0.1) is 11.1 Å². The van der Waals surface area contributed by atoms with E-state index in [4.69, 9.17) is 0 Å².